The first-order valence-corrected chi connectivity index (χ1v) is 9.55. The lowest BCUT2D eigenvalue weighted by Crippen LogP contribution is -2.23. The van der Waals surface area contributed by atoms with Gasteiger partial charge in [-0.2, -0.15) is 0 Å². The number of hydrogen-bond donors (Lipinski definition) is 1. The summed E-state index contributed by atoms with van der Waals surface area (Å²) >= 11 is 12.2. The van der Waals surface area contributed by atoms with Crippen molar-refractivity contribution in [3.63, 3.8) is 0 Å². The van der Waals surface area contributed by atoms with Crippen molar-refractivity contribution in [1.82, 2.24) is 10.3 Å². The SMILES string of the molecule is O=C(NCc1ccccc1Cl)c1cc(-c2ccc(Cl)cc2)nc2ccccc12. The van der Waals surface area contributed by atoms with Gasteiger partial charge in [0, 0.05) is 27.5 Å². The first-order chi connectivity index (χ1) is 13.6. The number of nitrogens with zero attached hydrogens (tertiary/aromatic N) is 1. The van der Waals surface area contributed by atoms with E-state index >= 15 is 0 Å². The second-order valence-corrected chi connectivity index (χ2v) is 7.20. The van der Waals surface area contributed by atoms with E-state index in [4.69, 9.17) is 28.2 Å². The smallest absolute Gasteiger partial charge is 0.252 e. The molecule has 0 aliphatic carbocycles. The summed E-state index contributed by atoms with van der Waals surface area (Å²) in [6.07, 6.45) is 0. The monoisotopic (exact) mass is 406 g/mol. The van der Waals surface area contributed by atoms with Crippen LogP contribution in [-0.4, -0.2) is 10.9 Å². The minimum absolute atomic E-state index is 0.172. The van der Waals surface area contributed by atoms with E-state index in [0.717, 1.165) is 27.7 Å². The molecule has 0 saturated heterocycles. The summed E-state index contributed by atoms with van der Waals surface area (Å²) in [5, 5.41) is 5.05. The fourth-order valence-corrected chi connectivity index (χ4v) is 3.37. The van der Waals surface area contributed by atoms with Crippen LogP contribution in [0.25, 0.3) is 22.2 Å². The van der Waals surface area contributed by atoms with Crippen LogP contribution < -0.4 is 5.32 Å². The van der Waals surface area contributed by atoms with Crippen LogP contribution in [0.15, 0.2) is 78.9 Å². The van der Waals surface area contributed by atoms with Gasteiger partial charge < -0.3 is 5.32 Å². The van der Waals surface area contributed by atoms with Gasteiger partial charge in [0.05, 0.1) is 16.8 Å². The van der Waals surface area contributed by atoms with E-state index in [9.17, 15) is 4.79 Å². The Balaban J connectivity index is 1.71. The Morgan fingerprint density at radius 1 is 0.893 bits per heavy atom. The Morgan fingerprint density at radius 3 is 2.39 bits per heavy atom. The maximum absolute atomic E-state index is 13.0. The molecule has 0 radical (unpaired) electrons. The van der Waals surface area contributed by atoms with Crippen LogP contribution >= 0.6 is 23.2 Å². The van der Waals surface area contributed by atoms with Gasteiger partial charge in [-0.15, -0.1) is 0 Å². The number of rotatable bonds is 4. The Kier molecular flexibility index (Phi) is 5.29. The molecule has 1 heterocycles. The summed E-state index contributed by atoms with van der Waals surface area (Å²) in [5.74, 6) is -0.172. The van der Waals surface area contributed by atoms with Crippen LogP contribution in [0.3, 0.4) is 0 Å². The first-order valence-electron chi connectivity index (χ1n) is 8.79. The van der Waals surface area contributed by atoms with E-state index in [1.807, 2.05) is 78.9 Å². The summed E-state index contributed by atoms with van der Waals surface area (Å²) < 4.78 is 0. The van der Waals surface area contributed by atoms with Crippen molar-refractivity contribution >= 4 is 40.0 Å². The molecular weight excluding hydrogens is 391 g/mol. The molecule has 4 rings (SSSR count). The maximum atomic E-state index is 13.0. The van der Waals surface area contributed by atoms with E-state index in [1.165, 1.54) is 0 Å². The number of amides is 1. The largest absolute Gasteiger partial charge is 0.348 e. The lowest BCUT2D eigenvalue weighted by Gasteiger charge is -2.11. The third kappa shape index (κ3) is 3.86. The van der Waals surface area contributed by atoms with Crippen molar-refractivity contribution in [2.75, 3.05) is 0 Å². The van der Waals surface area contributed by atoms with Gasteiger partial charge in [0.2, 0.25) is 0 Å². The summed E-state index contributed by atoms with van der Waals surface area (Å²) in [6.45, 7) is 0.353. The topological polar surface area (TPSA) is 42.0 Å². The van der Waals surface area contributed by atoms with Crippen LogP contribution in [0.1, 0.15) is 15.9 Å². The van der Waals surface area contributed by atoms with E-state index in [-0.39, 0.29) is 5.91 Å². The molecule has 0 fully saturated rings. The number of carbonyl (C=O) groups excluding carboxylic acids is 1. The number of carbonyl (C=O) groups is 1. The molecule has 1 aromatic heterocycles. The molecule has 0 unspecified atom stereocenters. The summed E-state index contributed by atoms with van der Waals surface area (Å²) in [5.41, 5.74) is 3.82. The van der Waals surface area contributed by atoms with Gasteiger partial charge in [-0.25, -0.2) is 4.98 Å². The van der Waals surface area contributed by atoms with Crippen molar-refractivity contribution in [3.8, 4) is 11.3 Å². The van der Waals surface area contributed by atoms with Crippen molar-refractivity contribution in [3.05, 3.63) is 100 Å². The Morgan fingerprint density at radius 2 is 1.61 bits per heavy atom. The lowest BCUT2D eigenvalue weighted by molar-refractivity contribution is 0.0952. The number of pyridine rings is 1. The van der Waals surface area contributed by atoms with Gasteiger partial charge in [-0.1, -0.05) is 71.7 Å². The van der Waals surface area contributed by atoms with Crippen molar-refractivity contribution in [2.45, 2.75) is 6.54 Å². The summed E-state index contributed by atoms with van der Waals surface area (Å²) in [6, 6.07) is 24.3. The van der Waals surface area contributed by atoms with Gasteiger partial charge in [0.25, 0.3) is 5.91 Å². The molecule has 138 valence electrons. The number of benzene rings is 3. The van der Waals surface area contributed by atoms with Gasteiger partial charge >= 0.3 is 0 Å². The molecule has 0 atom stereocenters. The zero-order chi connectivity index (χ0) is 19.5. The quantitative estimate of drug-likeness (QED) is 0.442. The predicted molar refractivity (Wildman–Crippen MR) is 115 cm³/mol. The molecule has 0 saturated carbocycles. The maximum Gasteiger partial charge on any atom is 0.252 e. The van der Waals surface area contributed by atoms with Crippen molar-refractivity contribution in [2.24, 2.45) is 0 Å². The lowest BCUT2D eigenvalue weighted by atomic mass is 10.0. The number of nitrogens with one attached hydrogen (secondary N) is 1. The molecule has 3 nitrogen and oxygen atoms in total. The standard InChI is InChI=1S/C23H16Cl2N2O/c24-17-11-9-15(10-12-17)22-13-19(18-6-2-4-8-21(18)27-22)23(28)26-14-16-5-1-3-7-20(16)25/h1-13H,14H2,(H,26,28). The van der Waals surface area contributed by atoms with Crippen LogP contribution in [0.2, 0.25) is 10.0 Å². The molecule has 0 bridgehead atoms. The van der Waals surface area contributed by atoms with E-state index in [0.29, 0.717) is 22.2 Å². The minimum atomic E-state index is -0.172. The number of halogens is 2. The highest BCUT2D eigenvalue weighted by Gasteiger charge is 2.14. The Hall–Kier alpha value is -2.88. The Labute approximate surface area is 172 Å². The zero-order valence-electron chi connectivity index (χ0n) is 14.8. The molecule has 28 heavy (non-hydrogen) atoms. The number of para-hydroxylation sites is 1. The third-order valence-corrected chi connectivity index (χ3v) is 5.12. The van der Waals surface area contributed by atoms with Crippen LogP contribution in [-0.2, 0) is 6.54 Å². The highest BCUT2D eigenvalue weighted by molar-refractivity contribution is 6.31. The van der Waals surface area contributed by atoms with Crippen molar-refractivity contribution in [1.29, 1.82) is 0 Å². The molecule has 0 aliphatic rings. The fraction of sp³-hybridized carbons (Fsp3) is 0.0435. The molecule has 1 amide bonds. The Bertz CT molecular complexity index is 1160. The van der Waals surface area contributed by atoms with E-state index < -0.39 is 0 Å². The predicted octanol–water partition coefficient (Wildman–Crippen LogP) is 6.14. The zero-order valence-corrected chi connectivity index (χ0v) is 16.3. The molecule has 5 heteroatoms. The van der Waals surface area contributed by atoms with E-state index in [2.05, 4.69) is 5.32 Å². The average molecular weight is 407 g/mol. The number of aromatic nitrogens is 1. The van der Waals surface area contributed by atoms with Gasteiger partial charge in [0.1, 0.15) is 0 Å². The highest BCUT2D eigenvalue weighted by atomic mass is 35.5. The van der Waals surface area contributed by atoms with Crippen LogP contribution in [0, 0.1) is 0 Å². The number of fused-ring (bicyclic) bond motifs is 1. The fourth-order valence-electron chi connectivity index (χ4n) is 3.04. The molecule has 1 N–H and O–H groups in total. The summed E-state index contributed by atoms with van der Waals surface area (Å²) in [4.78, 5) is 17.7. The molecule has 4 aromatic rings. The van der Waals surface area contributed by atoms with Gasteiger partial charge in [-0.3, -0.25) is 4.79 Å². The first kappa shape index (κ1) is 18.5. The van der Waals surface area contributed by atoms with Crippen molar-refractivity contribution < 1.29 is 4.79 Å². The second kappa shape index (κ2) is 8.01. The highest BCUT2D eigenvalue weighted by Crippen LogP contribution is 2.26. The minimum Gasteiger partial charge on any atom is -0.348 e. The van der Waals surface area contributed by atoms with Crippen LogP contribution in [0.5, 0.6) is 0 Å². The van der Waals surface area contributed by atoms with Gasteiger partial charge in [-0.05, 0) is 35.9 Å². The molecule has 3 aromatic carbocycles. The third-order valence-electron chi connectivity index (χ3n) is 4.50. The van der Waals surface area contributed by atoms with Crippen LogP contribution in [0.4, 0.5) is 0 Å². The average Bonchev–Trinajstić information content (AvgIpc) is 2.72. The van der Waals surface area contributed by atoms with E-state index in [1.54, 1.807) is 0 Å². The molecule has 0 spiro atoms. The van der Waals surface area contributed by atoms with Gasteiger partial charge in [0.15, 0.2) is 0 Å². The summed E-state index contributed by atoms with van der Waals surface area (Å²) in [7, 11) is 0. The molecular formula is C23H16Cl2N2O. The molecule has 0 aliphatic heterocycles. The normalized spacial score (nSPS) is 10.8. The number of hydrogen-bond acceptors (Lipinski definition) is 2. The second-order valence-electron chi connectivity index (χ2n) is 6.35.